The van der Waals surface area contributed by atoms with Gasteiger partial charge in [-0.2, -0.15) is 0 Å². The maximum Gasteiger partial charge on any atom is 0.407 e. The number of H-pyrrole nitrogens is 2. The van der Waals surface area contributed by atoms with Crippen molar-refractivity contribution < 1.29 is 28.7 Å². The van der Waals surface area contributed by atoms with E-state index in [2.05, 4.69) is 74.1 Å². The molecule has 5 atom stereocenters. The molecular weight excluding hydrogens is 713 g/mol. The lowest BCUT2D eigenvalue weighted by Crippen LogP contribution is -2.53. The second-order valence-electron chi connectivity index (χ2n) is 15.5. The topological polar surface area (TPSA) is 175 Å². The van der Waals surface area contributed by atoms with Gasteiger partial charge >= 0.3 is 12.2 Å². The van der Waals surface area contributed by atoms with Crippen LogP contribution in [0.2, 0.25) is 0 Å². The average molecular weight is 767 g/mol. The van der Waals surface area contributed by atoms with Crippen LogP contribution in [0, 0.1) is 11.8 Å². The molecule has 0 unspecified atom stereocenters. The van der Waals surface area contributed by atoms with Gasteiger partial charge in [0.1, 0.15) is 23.7 Å². The Bertz CT molecular complexity index is 1990. The van der Waals surface area contributed by atoms with Gasteiger partial charge in [0, 0.05) is 25.6 Å². The van der Waals surface area contributed by atoms with E-state index < -0.39 is 24.3 Å². The summed E-state index contributed by atoms with van der Waals surface area (Å²) in [5, 5.41) is 5.40. The third-order valence-corrected chi connectivity index (χ3v) is 11.2. The van der Waals surface area contributed by atoms with Gasteiger partial charge in [-0.05, 0) is 59.8 Å². The van der Waals surface area contributed by atoms with Gasteiger partial charge in [0.2, 0.25) is 11.8 Å². The van der Waals surface area contributed by atoms with E-state index in [-0.39, 0.29) is 41.7 Å². The fourth-order valence-corrected chi connectivity index (χ4v) is 8.01. The number of aromatic nitrogens is 4. The van der Waals surface area contributed by atoms with Crippen molar-refractivity contribution in [1.29, 1.82) is 0 Å². The summed E-state index contributed by atoms with van der Waals surface area (Å²) < 4.78 is 9.52. The molecule has 2 aromatic heterocycles. The third-order valence-electron chi connectivity index (χ3n) is 11.2. The van der Waals surface area contributed by atoms with E-state index in [4.69, 9.17) is 14.5 Å². The Labute approximate surface area is 328 Å². The highest BCUT2D eigenvalue weighted by atomic mass is 16.5. The molecule has 2 aromatic carbocycles. The Hall–Kier alpha value is -5.66. The number of likely N-dealkylation sites (N-methyl/N-ethyl adjacent to an activating group) is 1. The van der Waals surface area contributed by atoms with Crippen molar-refractivity contribution in [3.8, 4) is 33.6 Å². The second-order valence-corrected chi connectivity index (χ2v) is 15.5. The number of carbonyl (C=O) groups excluding carboxylic acids is 4. The van der Waals surface area contributed by atoms with E-state index >= 15 is 0 Å². The first-order chi connectivity index (χ1) is 26.9. The van der Waals surface area contributed by atoms with Crippen molar-refractivity contribution in [2.24, 2.45) is 11.8 Å². The first-order valence-electron chi connectivity index (χ1n) is 19.5. The van der Waals surface area contributed by atoms with Gasteiger partial charge in [-0.25, -0.2) is 19.6 Å². The highest BCUT2D eigenvalue weighted by Gasteiger charge is 2.39. The number of hydrogen-bond acceptors (Lipinski definition) is 8. The fourth-order valence-electron chi connectivity index (χ4n) is 8.01. The average Bonchev–Trinajstić information content (AvgIpc) is 4.05. The molecule has 2 aliphatic rings. The van der Waals surface area contributed by atoms with Crippen LogP contribution in [0.15, 0.2) is 60.9 Å². The van der Waals surface area contributed by atoms with Crippen LogP contribution in [0.1, 0.15) is 83.4 Å². The molecular formula is C42H54N8O6. The molecule has 0 radical (unpaired) electrons. The number of methoxy groups -OCH3 is 2. The van der Waals surface area contributed by atoms with E-state index in [0.29, 0.717) is 6.54 Å². The summed E-state index contributed by atoms with van der Waals surface area (Å²) in [6.07, 6.45) is 6.80. The Balaban J connectivity index is 1.10. The number of rotatable bonds is 12. The fraction of sp³-hybridized carbons (Fsp3) is 0.476. The van der Waals surface area contributed by atoms with E-state index in [9.17, 15) is 19.2 Å². The first-order valence-corrected chi connectivity index (χ1v) is 19.5. The smallest absolute Gasteiger partial charge is 0.407 e. The van der Waals surface area contributed by atoms with Crippen molar-refractivity contribution in [3.05, 3.63) is 72.6 Å². The summed E-state index contributed by atoms with van der Waals surface area (Å²) >= 11 is 0. The summed E-state index contributed by atoms with van der Waals surface area (Å²) in [6, 6.07) is 15.0. The molecule has 4 aromatic rings. The van der Waals surface area contributed by atoms with E-state index in [1.54, 1.807) is 11.1 Å². The second kappa shape index (κ2) is 17.4. The van der Waals surface area contributed by atoms with E-state index in [1.807, 2.05) is 45.8 Å². The predicted octanol–water partition coefficient (Wildman–Crippen LogP) is 6.65. The molecule has 56 heavy (non-hydrogen) atoms. The molecule has 298 valence electrons. The highest BCUT2D eigenvalue weighted by Crippen LogP contribution is 2.38. The monoisotopic (exact) mass is 766 g/mol. The molecule has 0 spiro atoms. The van der Waals surface area contributed by atoms with Crippen LogP contribution in [-0.2, 0) is 19.1 Å². The number of likely N-dealkylation sites (tertiary alicyclic amines) is 1. The highest BCUT2D eigenvalue weighted by molar-refractivity contribution is 5.87. The molecule has 6 rings (SSSR count). The Morgan fingerprint density at radius 3 is 1.75 bits per heavy atom. The molecule has 1 aliphatic heterocycles. The zero-order valence-corrected chi connectivity index (χ0v) is 33.3. The number of hydrogen-bond donors (Lipinski definition) is 4. The first kappa shape index (κ1) is 40.0. The van der Waals surface area contributed by atoms with Gasteiger partial charge < -0.3 is 39.9 Å². The molecule has 14 nitrogen and oxygen atoms in total. The Morgan fingerprint density at radius 1 is 0.714 bits per heavy atom. The zero-order chi connectivity index (χ0) is 40.1. The summed E-state index contributed by atoms with van der Waals surface area (Å²) in [6.45, 7) is 8.21. The number of imidazole rings is 2. The molecule has 4 N–H and O–H groups in total. The van der Waals surface area contributed by atoms with Gasteiger partial charge in [0.15, 0.2) is 0 Å². The van der Waals surface area contributed by atoms with Gasteiger partial charge in [0.05, 0.1) is 44.0 Å². The molecule has 1 saturated carbocycles. The molecule has 3 heterocycles. The standard InChI is InChI=1S/C42H54N8O6/c1-24(2)35(47-41(53)55-6)39(51)49(5)33-11-8-10-30(33)37-43-22-31(45-37)28-17-13-26(14-18-28)27-15-19-29(20-16-27)32-23-44-38(46-32)34-12-9-21-50(34)40(52)36(25(3)4)48-42(54)56-7/h13-20,22-25,30,33-36H,8-12,21H2,1-7H3,(H,43,45)(H,44,46)(H,47,53)(H,48,54)/t30-,33+,34-,35-,36-/m0/s1. The number of benzene rings is 2. The number of alkyl carbamates (subject to hydrolysis) is 2. The predicted molar refractivity (Wildman–Crippen MR) is 212 cm³/mol. The number of aromatic amines is 2. The van der Waals surface area contributed by atoms with Crippen LogP contribution in [0.4, 0.5) is 9.59 Å². The SMILES string of the molecule is COC(=O)N[C@H](C(=O)N(C)[C@@H]1CCC[C@@H]1c1ncc(-c2ccc(-c3ccc(-c4cnc([C@@H]5CCCN5C(=O)[C@@H](NC(=O)OC)C(C)C)[nH]4)cc3)cc2)[nH]1)C(C)C. The van der Waals surface area contributed by atoms with Crippen molar-refractivity contribution in [1.82, 2.24) is 40.4 Å². The lowest BCUT2D eigenvalue weighted by atomic mass is 9.98. The number of ether oxygens (including phenoxy) is 2. The molecule has 1 aliphatic carbocycles. The summed E-state index contributed by atoms with van der Waals surface area (Å²) in [4.78, 5) is 70.9. The van der Waals surface area contributed by atoms with Crippen molar-refractivity contribution >= 4 is 24.0 Å². The minimum Gasteiger partial charge on any atom is -0.453 e. The summed E-state index contributed by atoms with van der Waals surface area (Å²) in [5.74, 6) is 1.16. The maximum atomic E-state index is 13.5. The molecule has 4 amide bonds. The van der Waals surface area contributed by atoms with E-state index in [1.165, 1.54) is 14.2 Å². The Kier molecular flexibility index (Phi) is 12.5. The van der Waals surface area contributed by atoms with Gasteiger partial charge in [-0.1, -0.05) is 82.6 Å². The Morgan fingerprint density at radius 2 is 1.21 bits per heavy atom. The summed E-state index contributed by atoms with van der Waals surface area (Å²) in [7, 11) is 4.40. The molecule has 0 bridgehead atoms. The number of amides is 4. The number of nitrogens with one attached hydrogen (secondary N) is 4. The van der Waals surface area contributed by atoms with Crippen LogP contribution in [0.5, 0.6) is 0 Å². The lowest BCUT2D eigenvalue weighted by molar-refractivity contribution is -0.136. The minimum atomic E-state index is -0.686. The summed E-state index contributed by atoms with van der Waals surface area (Å²) in [5.41, 5.74) is 5.90. The van der Waals surface area contributed by atoms with Crippen LogP contribution in [0.3, 0.4) is 0 Å². The van der Waals surface area contributed by atoms with Crippen LogP contribution >= 0.6 is 0 Å². The van der Waals surface area contributed by atoms with Gasteiger partial charge in [-0.15, -0.1) is 0 Å². The number of nitrogens with zero attached hydrogens (tertiary/aromatic N) is 4. The normalized spacial score (nSPS) is 19.2. The number of carbonyl (C=O) groups is 4. The van der Waals surface area contributed by atoms with Crippen molar-refractivity contribution in [2.45, 2.75) is 89.9 Å². The maximum absolute atomic E-state index is 13.5. The van der Waals surface area contributed by atoms with Crippen molar-refractivity contribution in [2.75, 3.05) is 27.8 Å². The van der Waals surface area contributed by atoms with Crippen LogP contribution in [-0.4, -0.2) is 99.7 Å². The van der Waals surface area contributed by atoms with Gasteiger partial charge in [-0.3, -0.25) is 9.59 Å². The minimum absolute atomic E-state index is 0.0400. The van der Waals surface area contributed by atoms with Crippen molar-refractivity contribution in [3.63, 3.8) is 0 Å². The third kappa shape index (κ3) is 8.58. The zero-order valence-electron chi connectivity index (χ0n) is 33.3. The largest absolute Gasteiger partial charge is 0.453 e. The molecule has 14 heteroatoms. The lowest BCUT2D eigenvalue weighted by Gasteiger charge is -2.33. The molecule has 2 fully saturated rings. The van der Waals surface area contributed by atoms with Gasteiger partial charge in [0.25, 0.3) is 0 Å². The van der Waals surface area contributed by atoms with E-state index in [0.717, 1.165) is 77.4 Å². The quantitative estimate of drug-likeness (QED) is 0.124. The van der Waals surface area contributed by atoms with Crippen LogP contribution in [0.25, 0.3) is 33.6 Å². The molecule has 1 saturated heterocycles. The van der Waals surface area contributed by atoms with Crippen LogP contribution < -0.4 is 10.6 Å².